The number of hydrogen-bond donors (Lipinski definition) is 1. The lowest BCUT2D eigenvalue weighted by molar-refractivity contribution is 0.166. The van der Waals surface area contributed by atoms with Gasteiger partial charge in [0.05, 0.1) is 6.10 Å². The Labute approximate surface area is 115 Å². The van der Waals surface area contributed by atoms with E-state index in [0.29, 0.717) is 6.42 Å². The van der Waals surface area contributed by atoms with Crippen molar-refractivity contribution in [2.75, 3.05) is 0 Å². The second kappa shape index (κ2) is 5.64. The van der Waals surface area contributed by atoms with Crippen LogP contribution in [0.5, 0.6) is 0 Å². The number of aliphatic hydroxyl groups excluding tert-OH is 1. The number of imidazole rings is 1. The fourth-order valence-corrected chi connectivity index (χ4v) is 2.35. The number of aliphatic hydroxyl groups is 1. The van der Waals surface area contributed by atoms with Crippen LogP contribution in [0.2, 0.25) is 0 Å². The van der Waals surface area contributed by atoms with E-state index < -0.39 is 6.10 Å². The van der Waals surface area contributed by atoms with Crippen molar-refractivity contribution in [3.63, 3.8) is 0 Å². The lowest BCUT2D eigenvalue weighted by Crippen LogP contribution is -2.03. The lowest BCUT2D eigenvalue weighted by Gasteiger charge is -2.11. The van der Waals surface area contributed by atoms with Crippen molar-refractivity contribution in [2.45, 2.75) is 18.9 Å². The van der Waals surface area contributed by atoms with Gasteiger partial charge in [0.1, 0.15) is 5.82 Å². The van der Waals surface area contributed by atoms with Gasteiger partial charge < -0.3 is 9.67 Å². The molecule has 1 aromatic heterocycles. The molecule has 1 unspecified atom stereocenters. The summed E-state index contributed by atoms with van der Waals surface area (Å²) in [6.07, 6.45) is 4.78. The maximum atomic E-state index is 10.1. The molecule has 0 saturated carbocycles. The molecule has 0 amide bonds. The van der Waals surface area contributed by atoms with Crippen LogP contribution in [-0.2, 0) is 13.5 Å². The first-order valence-corrected chi connectivity index (χ1v) is 6.64. The smallest absolute Gasteiger partial charge is 0.108 e. The Hall–Kier alpha value is -0.880. The fourth-order valence-electron chi connectivity index (χ4n) is 1.78. The maximum absolute atomic E-state index is 10.1. The van der Waals surface area contributed by atoms with Gasteiger partial charge in [-0.1, -0.05) is 12.1 Å². The number of aromatic nitrogens is 2. The largest absolute Gasteiger partial charge is 0.388 e. The molecule has 2 aromatic rings. The normalized spacial score (nSPS) is 12.6. The van der Waals surface area contributed by atoms with Gasteiger partial charge in [0.2, 0.25) is 0 Å². The molecule has 17 heavy (non-hydrogen) atoms. The van der Waals surface area contributed by atoms with Crippen LogP contribution in [0.25, 0.3) is 0 Å². The lowest BCUT2D eigenvalue weighted by atomic mass is 10.1. The summed E-state index contributed by atoms with van der Waals surface area (Å²) in [6, 6.07) is 7.98. The molecule has 3 nitrogen and oxygen atoms in total. The molecule has 90 valence electrons. The maximum Gasteiger partial charge on any atom is 0.108 e. The molecule has 0 fully saturated rings. The Morgan fingerprint density at radius 3 is 2.94 bits per heavy atom. The average molecular weight is 342 g/mol. The summed E-state index contributed by atoms with van der Waals surface area (Å²) in [5.41, 5.74) is 0.978. The van der Waals surface area contributed by atoms with Crippen LogP contribution in [-0.4, -0.2) is 14.7 Å². The Bertz CT molecular complexity index is 496. The van der Waals surface area contributed by atoms with E-state index in [0.717, 1.165) is 21.4 Å². The molecule has 0 radical (unpaired) electrons. The van der Waals surface area contributed by atoms with Crippen molar-refractivity contribution in [3.05, 3.63) is 51.6 Å². The zero-order valence-corrected chi connectivity index (χ0v) is 11.8. The number of nitrogens with zero attached hydrogens (tertiary/aromatic N) is 2. The average Bonchev–Trinajstić information content (AvgIpc) is 2.72. The second-order valence-corrected chi connectivity index (χ2v) is 5.31. The van der Waals surface area contributed by atoms with Crippen molar-refractivity contribution in [2.24, 2.45) is 7.05 Å². The number of aryl methyl sites for hydroxylation is 2. The second-order valence-electron chi connectivity index (χ2n) is 4.06. The molecule has 0 aliphatic rings. The minimum absolute atomic E-state index is 0.415. The summed E-state index contributed by atoms with van der Waals surface area (Å²) in [4.78, 5) is 4.25. The summed E-state index contributed by atoms with van der Waals surface area (Å²) in [7, 11) is 1.97. The first-order valence-electron chi connectivity index (χ1n) is 5.56. The van der Waals surface area contributed by atoms with Gasteiger partial charge in [-0.15, -0.1) is 0 Å². The van der Waals surface area contributed by atoms with E-state index in [2.05, 4.69) is 27.6 Å². The molecule has 1 aromatic carbocycles. The zero-order valence-electron chi connectivity index (χ0n) is 9.68. The van der Waals surface area contributed by atoms with Crippen LogP contribution >= 0.6 is 22.6 Å². The summed E-state index contributed by atoms with van der Waals surface area (Å²) >= 11 is 2.26. The highest BCUT2D eigenvalue weighted by atomic mass is 127. The van der Waals surface area contributed by atoms with Crippen molar-refractivity contribution >= 4 is 22.6 Å². The van der Waals surface area contributed by atoms with E-state index in [1.54, 1.807) is 6.20 Å². The van der Waals surface area contributed by atoms with E-state index in [9.17, 15) is 5.11 Å². The van der Waals surface area contributed by atoms with Crippen LogP contribution in [0.1, 0.15) is 23.9 Å². The highest BCUT2D eigenvalue weighted by molar-refractivity contribution is 14.1. The SMILES string of the molecule is Cn1ccnc1CCC(O)c1cccc(I)c1. The van der Waals surface area contributed by atoms with Crippen LogP contribution in [0.15, 0.2) is 36.7 Å². The van der Waals surface area contributed by atoms with Crippen molar-refractivity contribution in [1.29, 1.82) is 0 Å². The topological polar surface area (TPSA) is 38.0 Å². The molecule has 1 atom stereocenters. The van der Waals surface area contributed by atoms with Crippen molar-refractivity contribution < 1.29 is 5.11 Å². The Morgan fingerprint density at radius 1 is 1.47 bits per heavy atom. The monoisotopic (exact) mass is 342 g/mol. The van der Waals surface area contributed by atoms with Gasteiger partial charge in [0.25, 0.3) is 0 Å². The van der Waals surface area contributed by atoms with E-state index in [1.165, 1.54) is 0 Å². The quantitative estimate of drug-likeness (QED) is 0.868. The van der Waals surface area contributed by atoms with Crippen LogP contribution in [0.4, 0.5) is 0 Å². The molecule has 4 heteroatoms. The first kappa shape index (κ1) is 12.6. The third-order valence-electron chi connectivity index (χ3n) is 2.80. The van der Waals surface area contributed by atoms with Crippen LogP contribution < -0.4 is 0 Å². The molecular formula is C13H15IN2O. The number of benzene rings is 1. The van der Waals surface area contributed by atoms with E-state index >= 15 is 0 Å². The highest BCUT2D eigenvalue weighted by Crippen LogP contribution is 2.20. The molecule has 0 aliphatic carbocycles. The van der Waals surface area contributed by atoms with E-state index in [4.69, 9.17) is 0 Å². The Kier molecular flexibility index (Phi) is 4.17. The predicted molar refractivity (Wildman–Crippen MR) is 75.6 cm³/mol. The van der Waals surface area contributed by atoms with Crippen LogP contribution in [0.3, 0.4) is 0 Å². The summed E-state index contributed by atoms with van der Waals surface area (Å²) in [6.45, 7) is 0. The number of hydrogen-bond acceptors (Lipinski definition) is 2. The molecular weight excluding hydrogens is 327 g/mol. The first-order chi connectivity index (χ1) is 8.16. The summed E-state index contributed by atoms with van der Waals surface area (Å²) in [5, 5.41) is 10.1. The molecule has 0 bridgehead atoms. The highest BCUT2D eigenvalue weighted by Gasteiger charge is 2.09. The third kappa shape index (κ3) is 3.29. The molecule has 1 heterocycles. The molecule has 1 N–H and O–H groups in total. The number of halogens is 1. The van der Waals surface area contributed by atoms with E-state index in [1.807, 2.05) is 42.1 Å². The molecule has 0 spiro atoms. The van der Waals surface area contributed by atoms with Gasteiger partial charge in [-0.2, -0.15) is 0 Å². The van der Waals surface area contributed by atoms with Crippen LogP contribution in [0, 0.1) is 3.57 Å². The van der Waals surface area contributed by atoms with Gasteiger partial charge in [-0.3, -0.25) is 0 Å². The summed E-state index contributed by atoms with van der Waals surface area (Å²) in [5.74, 6) is 1.01. The minimum Gasteiger partial charge on any atom is -0.388 e. The Morgan fingerprint density at radius 2 is 2.29 bits per heavy atom. The number of rotatable bonds is 4. The fraction of sp³-hybridized carbons (Fsp3) is 0.308. The van der Waals surface area contributed by atoms with Gasteiger partial charge in [0.15, 0.2) is 0 Å². The van der Waals surface area contributed by atoms with Crippen molar-refractivity contribution in [3.8, 4) is 0 Å². The molecule has 0 aliphatic heterocycles. The van der Waals surface area contributed by atoms with Gasteiger partial charge in [-0.25, -0.2) is 4.98 Å². The standard InChI is InChI=1S/C13H15IN2O/c1-16-8-7-15-13(16)6-5-12(17)10-3-2-4-11(14)9-10/h2-4,7-9,12,17H,5-6H2,1H3. The minimum atomic E-state index is -0.415. The van der Waals surface area contributed by atoms with E-state index in [-0.39, 0.29) is 0 Å². The predicted octanol–water partition coefficient (Wildman–Crippen LogP) is 2.69. The van der Waals surface area contributed by atoms with Gasteiger partial charge in [-0.05, 0) is 46.7 Å². The summed E-state index contributed by atoms with van der Waals surface area (Å²) < 4.78 is 3.14. The van der Waals surface area contributed by atoms with Crippen molar-refractivity contribution in [1.82, 2.24) is 9.55 Å². The molecule has 0 saturated heterocycles. The van der Waals surface area contributed by atoms with Gasteiger partial charge >= 0.3 is 0 Å². The third-order valence-corrected chi connectivity index (χ3v) is 3.47. The Balaban J connectivity index is 1.98. The zero-order chi connectivity index (χ0) is 12.3. The molecule has 2 rings (SSSR count). The van der Waals surface area contributed by atoms with Gasteiger partial charge in [0, 0.05) is 29.4 Å².